The maximum Gasteiger partial charge on any atom is 0.573 e. The first-order valence-electron chi connectivity index (χ1n) is 11.3. The number of piperidine rings is 3. The Bertz CT molecular complexity index is 872. The smallest absolute Gasteiger partial charge is 0.406 e. The van der Waals surface area contributed by atoms with Gasteiger partial charge in [-0.25, -0.2) is 4.79 Å². The number of hydrogen-bond donors (Lipinski definition) is 1. The lowest BCUT2D eigenvalue weighted by Gasteiger charge is -2.54. The van der Waals surface area contributed by atoms with E-state index in [1.165, 1.54) is 43.0 Å². The van der Waals surface area contributed by atoms with Crippen LogP contribution in [-0.4, -0.2) is 53.9 Å². The number of urea groups is 1. The summed E-state index contributed by atoms with van der Waals surface area (Å²) in [6, 6.07) is 5.95. The molecule has 31 heavy (non-hydrogen) atoms. The number of anilines is 1. The molecule has 1 aliphatic carbocycles. The molecule has 2 bridgehead atoms. The van der Waals surface area contributed by atoms with E-state index in [1.54, 1.807) is 6.07 Å². The molecular weight excluding hydrogens is 407 g/mol. The Hall–Kier alpha value is -2.22. The molecule has 5 nitrogen and oxygen atoms in total. The number of nitrogens with zero attached hydrogens (tertiary/aromatic N) is 2. The van der Waals surface area contributed by atoms with Crippen LogP contribution in [0, 0.1) is 11.8 Å². The number of carbonyl (C=O) groups excluding carboxylic acids is 1. The summed E-state index contributed by atoms with van der Waals surface area (Å²) in [5.41, 5.74) is 1.68. The largest absolute Gasteiger partial charge is 0.573 e. The zero-order valence-electron chi connectivity index (χ0n) is 17.4. The Balaban J connectivity index is 1.33. The molecule has 4 aliphatic rings. The molecule has 5 rings (SSSR count). The van der Waals surface area contributed by atoms with Gasteiger partial charge in [0.1, 0.15) is 5.75 Å². The Morgan fingerprint density at radius 3 is 2.87 bits per heavy atom. The van der Waals surface area contributed by atoms with Gasteiger partial charge < -0.3 is 15.0 Å². The second-order valence-corrected chi connectivity index (χ2v) is 9.21. The summed E-state index contributed by atoms with van der Waals surface area (Å²) in [5, 5.41) is 2.80. The van der Waals surface area contributed by atoms with Crippen molar-refractivity contribution in [1.29, 1.82) is 0 Å². The summed E-state index contributed by atoms with van der Waals surface area (Å²) in [7, 11) is 0. The van der Waals surface area contributed by atoms with Crippen LogP contribution in [0.4, 0.5) is 23.7 Å². The second kappa shape index (κ2) is 8.04. The minimum absolute atomic E-state index is 0.0856. The third-order valence-electron chi connectivity index (χ3n) is 7.24. The number of alkyl halides is 3. The molecule has 3 aliphatic heterocycles. The van der Waals surface area contributed by atoms with Gasteiger partial charge in [-0.1, -0.05) is 24.1 Å². The van der Waals surface area contributed by atoms with Crippen LogP contribution < -0.4 is 10.1 Å². The Kier molecular flexibility index (Phi) is 5.36. The van der Waals surface area contributed by atoms with Gasteiger partial charge in [-0.05, 0) is 62.6 Å². The molecule has 2 amide bonds. The molecule has 3 heterocycles. The van der Waals surface area contributed by atoms with Crippen LogP contribution in [0.25, 0.3) is 0 Å². The lowest BCUT2D eigenvalue weighted by Crippen LogP contribution is -2.60. The minimum Gasteiger partial charge on any atom is -0.406 e. The standard InChI is InChI=1S/C23H28F3N3O2/c24-23(25,26)31-19-7-3-6-18(13-19)27-22(30)29-10-4-5-15-11-16-12-17(21(15)29)14-28-9-2-1-8-20(16)28/h3,6-7,11,13,16-17,20-21H,1-2,4-5,8-10,12,14H2,(H,27,30)/t16-,17-,20-,21-/m0/s1. The molecule has 0 radical (unpaired) electrons. The first-order chi connectivity index (χ1) is 14.9. The Morgan fingerprint density at radius 1 is 1.16 bits per heavy atom. The van der Waals surface area contributed by atoms with Gasteiger partial charge in [0.05, 0.1) is 6.04 Å². The first kappa shape index (κ1) is 20.7. The monoisotopic (exact) mass is 435 g/mol. The molecule has 3 fully saturated rings. The Labute approximate surface area is 180 Å². The van der Waals surface area contributed by atoms with Crippen molar-refractivity contribution in [1.82, 2.24) is 9.80 Å². The first-order valence-corrected chi connectivity index (χ1v) is 11.3. The Morgan fingerprint density at radius 2 is 2.03 bits per heavy atom. The third-order valence-corrected chi connectivity index (χ3v) is 7.24. The highest BCUT2D eigenvalue weighted by Gasteiger charge is 2.47. The van der Waals surface area contributed by atoms with E-state index < -0.39 is 6.36 Å². The molecule has 0 unspecified atom stereocenters. The predicted octanol–water partition coefficient (Wildman–Crippen LogP) is 5.01. The van der Waals surface area contributed by atoms with Crippen molar-refractivity contribution in [3.05, 3.63) is 35.9 Å². The van der Waals surface area contributed by atoms with Crippen molar-refractivity contribution in [2.45, 2.75) is 57.0 Å². The number of rotatable bonds is 2. The highest BCUT2D eigenvalue weighted by atomic mass is 19.4. The average Bonchev–Trinajstić information content (AvgIpc) is 2.72. The van der Waals surface area contributed by atoms with Gasteiger partial charge in [0.15, 0.2) is 0 Å². The summed E-state index contributed by atoms with van der Waals surface area (Å²) in [5.74, 6) is 0.670. The summed E-state index contributed by atoms with van der Waals surface area (Å²) in [6.07, 6.45) is 4.57. The van der Waals surface area contributed by atoms with Gasteiger partial charge in [-0.2, -0.15) is 0 Å². The zero-order chi connectivity index (χ0) is 21.6. The molecular formula is C23H28F3N3O2. The van der Waals surface area contributed by atoms with Crippen molar-refractivity contribution < 1.29 is 22.7 Å². The number of fused-ring (bicyclic) bond motifs is 6. The van der Waals surface area contributed by atoms with Gasteiger partial charge in [-0.15, -0.1) is 13.2 Å². The second-order valence-electron chi connectivity index (χ2n) is 9.21. The maximum atomic E-state index is 13.2. The van der Waals surface area contributed by atoms with Crippen LogP contribution in [0.15, 0.2) is 35.9 Å². The third kappa shape index (κ3) is 4.27. The highest BCUT2D eigenvalue weighted by Crippen LogP contribution is 2.45. The molecule has 0 saturated carbocycles. The van der Waals surface area contributed by atoms with Crippen LogP contribution in [0.3, 0.4) is 0 Å². The molecule has 8 heteroatoms. The molecule has 0 spiro atoms. The normalized spacial score (nSPS) is 30.7. The van der Waals surface area contributed by atoms with E-state index >= 15 is 0 Å². The summed E-state index contributed by atoms with van der Waals surface area (Å²) in [6.45, 7) is 2.84. The van der Waals surface area contributed by atoms with E-state index in [0.717, 1.165) is 32.4 Å². The predicted molar refractivity (Wildman–Crippen MR) is 111 cm³/mol. The summed E-state index contributed by atoms with van der Waals surface area (Å²) in [4.78, 5) is 17.7. The molecule has 3 saturated heterocycles. The SMILES string of the molecule is O=C(Nc1cccc(OC(F)(F)F)c1)N1CCCC2=C[C@H]3C[C@@H](CN4CCCC[C@@H]34)[C@H]21. The van der Waals surface area contributed by atoms with Crippen LogP contribution >= 0.6 is 0 Å². The number of halogens is 3. The van der Waals surface area contributed by atoms with Gasteiger partial charge in [-0.3, -0.25) is 4.90 Å². The topological polar surface area (TPSA) is 44.8 Å². The number of carbonyl (C=O) groups is 1. The zero-order valence-corrected chi connectivity index (χ0v) is 17.4. The van der Waals surface area contributed by atoms with E-state index in [9.17, 15) is 18.0 Å². The molecule has 1 N–H and O–H groups in total. The highest BCUT2D eigenvalue weighted by molar-refractivity contribution is 5.90. The van der Waals surface area contributed by atoms with Gasteiger partial charge in [0, 0.05) is 30.9 Å². The lowest BCUT2D eigenvalue weighted by molar-refractivity contribution is -0.274. The van der Waals surface area contributed by atoms with Crippen LogP contribution in [0.2, 0.25) is 0 Å². The number of ether oxygens (including phenoxy) is 1. The van der Waals surface area contributed by atoms with E-state index in [2.05, 4.69) is 21.0 Å². The fraction of sp³-hybridized carbons (Fsp3) is 0.609. The van der Waals surface area contributed by atoms with Crippen molar-refractivity contribution in [2.75, 3.05) is 25.0 Å². The van der Waals surface area contributed by atoms with E-state index in [1.807, 2.05) is 4.90 Å². The summed E-state index contributed by atoms with van der Waals surface area (Å²) < 4.78 is 41.5. The van der Waals surface area contributed by atoms with Gasteiger partial charge in [0.25, 0.3) is 0 Å². The van der Waals surface area contributed by atoms with Gasteiger partial charge in [0.2, 0.25) is 0 Å². The molecule has 4 atom stereocenters. The fourth-order valence-corrected chi connectivity index (χ4v) is 6.17. The van der Waals surface area contributed by atoms with Crippen molar-refractivity contribution in [3.63, 3.8) is 0 Å². The lowest BCUT2D eigenvalue weighted by atomic mass is 9.68. The number of nitrogens with one attached hydrogen (secondary N) is 1. The fourth-order valence-electron chi connectivity index (χ4n) is 6.17. The van der Waals surface area contributed by atoms with E-state index in [-0.39, 0.29) is 17.8 Å². The minimum atomic E-state index is -4.76. The number of likely N-dealkylation sites (tertiary alicyclic amines) is 1. The van der Waals surface area contributed by atoms with Crippen molar-refractivity contribution in [3.8, 4) is 5.75 Å². The van der Waals surface area contributed by atoms with Crippen molar-refractivity contribution in [2.24, 2.45) is 11.8 Å². The van der Waals surface area contributed by atoms with Crippen LogP contribution in [-0.2, 0) is 0 Å². The molecule has 0 aromatic heterocycles. The number of hydrogen-bond acceptors (Lipinski definition) is 3. The van der Waals surface area contributed by atoms with Crippen LogP contribution in [0.1, 0.15) is 38.5 Å². The van der Waals surface area contributed by atoms with Crippen molar-refractivity contribution >= 4 is 11.7 Å². The average molecular weight is 435 g/mol. The summed E-state index contributed by atoms with van der Waals surface area (Å²) >= 11 is 0. The quantitative estimate of drug-likeness (QED) is 0.664. The van der Waals surface area contributed by atoms with Gasteiger partial charge >= 0.3 is 12.4 Å². The van der Waals surface area contributed by atoms with E-state index in [0.29, 0.717) is 30.1 Å². The number of benzene rings is 1. The molecule has 1 aromatic carbocycles. The molecule has 168 valence electrons. The van der Waals surface area contributed by atoms with Crippen LogP contribution in [0.5, 0.6) is 5.75 Å². The maximum absolute atomic E-state index is 13.2. The van der Waals surface area contributed by atoms with E-state index in [4.69, 9.17) is 0 Å². The number of amides is 2. The molecule has 1 aromatic rings.